The molecule has 0 atom stereocenters. The maximum absolute atomic E-state index is 12.7. The Hall–Kier alpha value is -4.01. The van der Waals surface area contributed by atoms with E-state index in [1.165, 1.54) is 4.68 Å². The van der Waals surface area contributed by atoms with Gasteiger partial charge in [-0.15, -0.1) is 0 Å². The summed E-state index contributed by atoms with van der Waals surface area (Å²) in [5, 5.41) is 8.89. The fraction of sp³-hybridized carbons (Fsp3) is 0.190. The molecule has 0 radical (unpaired) electrons. The van der Waals surface area contributed by atoms with E-state index < -0.39 is 5.97 Å². The van der Waals surface area contributed by atoms with Crippen LogP contribution in [0.5, 0.6) is 5.75 Å². The number of benzene rings is 2. The number of hydrogen-bond donors (Lipinski definition) is 0. The Morgan fingerprint density at radius 1 is 1.13 bits per heavy atom. The van der Waals surface area contributed by atoms with Crippen LogP contribution in [-0.2, 0) is 17.9 Å². The summed E-state index contributed by atoms with van der Waals surface area (Å²) >= 11 is 0. The summed E-state index contributed by atoms with van der Waals surface area (Å²) in [4.78, 5) is 29.3. The molecule has 2 heterocycles. The number of hydrogen-bond acceptors (Lipinski definition) is 8. The first kappa shape index (κ1) is 19.3. The molecule has 0 N–H and O–H groups in total. The smallest absolute Gasteiger partial charge is 0.359 e. The highest BCUT2D eigenvalue weighted by Crippen LogP contribution is 2.21. The van der Waals surface area contributed by atoms with Gasteiger partial charge >= 0.3 is 5.97 Å². The van der Waals surface area contributed by atoms with E-state index in [4.69, 9.17) is 14.0 Å². The molecular formula is C21H18N4O5. The van der Waals surface area contributed by atoms with Crippen molar-refractivity contribution in [3.8, 4) is 17.1 Å². The summed E-state index contributed by atoms with van der Waals surface area (Å²) in [7, 11) is 1.57. The van der Waals surface area contributed by atoms with Crippen LogP contribution in [0, 0.1) is 0 Å². The number of carbonyl (C=O) groups excluding carboxylic acids is 1. The Bertz CT molecular complexity index is 1280. The first-order valence-corrected chi connectivity index (χ1v) is 9.24. The normalized spacial score (nSPS) is 10.9. The SMILES string of the molecule is CCn1nc(C(=O)OCc2nc(-c3cccc(OC)c3)no2)c2ccccc2c1=O. The molecule has 0 unspecified atom stereocenters. The Morgan fingerprint density at radius 3 is 2.70 bits per heavy atom. The maximum atomic E-state index is 12.7. The lowest BCUT2D eigenvalue weighted by Crippen LogP contribution is -2.25. The summed E-state index contributed by atoms with van der Waals surface area (Å²) in [6, 6.07) is 14.0. The van der Waals surface area contributed by atoms with Gasteiger partial charge in [-0.1, -0.05) is 35.5 Å². The molecule has 4 aromatic rings. The predicted molar refractivity (Wildman–Crippen MR) is 107 cm³/mol. The summed E-state index contributed by atoms with van der Waals surface area (Å²) in [5.74, 6) is 0.459. The van der Waals surface area contributed by atoms with Gasteiger partial charge in [0, 0.05) is 17.5 Å². The molecule has 9 heteroatoms. The average molecular weight is 406 g/mol. The predicted octanol–water partition coefficient (Wildman–Crippen LogP) is 2.83. The van der Waals surface area contributed by atoms with Crippen LogP contribution < -0.4 is 10.3 Å². The van der Waals surface area contributed by atoms with Crippen molar-refractivity contribution in [2.45, 2.75) is 20.1 Å². The number of ether oxygens (including phenoxy) is 2. The van der Waals surface area contributed by atoms with Gasteiger partial charge in [-0.2, -0.15) is 10.1 Å². The van der Waals surface area contributed by atoms with Crippen LogP contribution in [0.2, 0.25) is 0 Å². The van der Waals surface area contributed by atoms with Crippen LogP contribution in [0.25, 0.3) is 22.2 Å². The van der Waals surface area contributed by atoms with E-state index >= 15 is 0 Å². The number of carbonyl (C=O) groups is 1. The highest BCUT2D eigenvalue weighted by molar-refractivity contribution is 6.02. The lowest BCUT2D eigenvalue weighted by atomic mass is 10.1. The lowest BCUT2D eigenvalue weighted by Gasteiger charge is -2.08. The molecule has 0 aliphatic carbocycles. The third-order valence-corrected chi connectivity index (χ3v) is 4.48. The maximum Gasteiger partial charge on any atom is 0.359 e. The van der Waals surface area contributed by atoms with E-state index in [2.05, 4.69) is 15.2 Å². The highest BCUT2D eigenvalue weighted by Gasteiger charge is 2.19. The molecule has 152 valence electrons. The second-order valence-corrected chi connectivity index (χ2v) is 6.33. The zero-order valence-corrected chi connectivity index (χ0v) is 16.4. The van der Waals surface area contributed by atoms with Crippen molar-refractivity contribution in [1.82, 2.24) is 19.9 Å². The molecule has 2 aromatic carbocycles. The first-order chi connectivity index (χ1) is 14.6. The zero-order valence-electron chi connectivity index (χ0n) is 16.4. The standard InChI is InChI=1S/C21H18N4O5/c1-3-25-20(26)16-10-5-4-9-15(16)18(23-25)21(27)29-12-17-22-19(24-30-17)13-7-6-8-14(11-13)28-2/h4-11H,3,12H2,1-2H3. The monoisotopic (exact) mass is 406 g/mol. The van der Waals surface area contributed by atoms with Crippen LogP contribution in [0.15, 0.2) is 57.8 Å². The van der Waals surface area contributed by atoms with Gasteiger partial charge in [0.25, 0.3) is 11.4 Å². The number of methoxy groups -OCH3 is 1. The van der Waals surface area contributed by atoms with E-state index in [1.807, 2.05) is 12.1 Å². The van der Waals surface area contributed by atoms with Crippen LogP contribution in [0.3, 0.4) is 0 Å². The van der Waals surface area contributed by atoms with E-state index in [1.54, 1.807) is 50.4 Å². The highest BCUT2D eigenvalue weighted by atomic mass is 16.6. The van der Waals surface area contributed by atoms with Crippen LogP contribution >= 0.6 is 0 Å². The van der Waals surface area contributed by atoms with Gasteiger partial charge in [-0.3, -0.25) is 4.79 Å². The summed E-state index contributed by atoms with van der Waals surface area (Å²) in [5.41, 5.74) is 0.502. The second-order valence-electron chi connectivity index (χ2n) is 6.33. The number of aryl methyl sites for hydroxylation is 1. The van der Waals surface area contributed by atoms with Crippen molar-refractivity contribution in [2.24, 2.45) is 0 Å². The van der Waals surface area contributed by atoms with Crippen LogP contribution in [-0.4, -0.2) is 33.0 Å². The lowest BCUT2D eigenvalue weighted by molar-refractivity contribution is 0.0422. The minimum absolute atomic E-state index is 0.0552. The fourth-order valence-corrected chi connectivity index (χ4v) is 2.99. The Kier molecular flexibility index (Phi) is 5.25. The van der Waals surface area contributed by atoms with Gasteiger partial charge in [0.15, 0.2) is 12.3 Å². The Labute approximate surface area is 170 Å². The first-order valence-electron chi connectivity index (χ1n) is 9.24. The van der Waals surface area contributed by atoms with E-state index in [0.29, 0.717) is 34.5 Å². The largest absolute Gasteiger partial charge is 0.497 e. The molecule has 9 nitrogen and oxygen atoms in total. The molecule has 0 aliphatic rings. The minimum atomic E-state index is -0.686. The molecule has 0 spiro atoms. The number of esters is 1. The van der Waals surface area contributed by atoms with Gasteiger partial charge in [-0.25, -0.2) is 9.48 Å². The van der Waals surface area contributed by atoms with Gasteiger partial charge in [-0.05, 0) is 25.1 Å². The van der Waals surface area contributed by atoms with E-state index in [9.17, 15) is 9.59 Å². The number of aromatic nitrogens is 4. The molecule has 4 rings (SSSR count). The van der Waals surface area contributed by atoms with Gasteiger partial charge in [0.2, 0.25) is 5.82 Å². The average Bonchev–Trinajstić information content (AvgIpc) is 3.27. The van der Waals surface area contributed by atoms with Crippen molar-refractivity contribution in [3.05, 3.63) is 70.5 Å². The third-order valence-electron chi connectivity index (χ3n) is 4.48. The van der Waals surface area contributed by atoms with E-state index in [-0.39, 0.29) is 23.8 Å². The quantitative estimate of drug-likeness (QED) is 0.450. The topological polar surface area (TPSA) is 109 Å². The summed E-state index contributed by atoms with van der Waals surface area (Å²) in [6.07, 6.45) is 0. The van der Waals surface area contributed by atoms with Gasteiger partial charge < -0.3 is 14.0 Å². The van der Waals surface area contributed by atoms with Crippen molar-refractivity contribution >= 4 is 16.7 Å². The molecule has 2 aromatic heterocycles. The minimum Gasteiger partial charge on any atom is -0.497 e. The molecule has 0 aliphatic heterocycles. The number of nitrogens with zero attached hydrogens (tertiary/aromatic N) is 4. The Morgan fingerprint density at radius 2 is 1.93 bits per heavy atom. The van der Waals surface area contributed by atoms with Crippen LogP contribution in [0.1, 0.15) is 23.3 Å². The van der Waals surface area contributed by atoms with Crippen LogP contribution in [0.4, 0.5) is 0 Å². The molecule has 0 saturated heterocycles. The second kappa shape index (κ2) is 8.16. The van der Waals surface area contributed by atoms with Gasteiger partial charge in [0.1, 0.15) is 5.75 Å². The molecule has 30 heavy (non-hydrogen) atoms. The molecule has 0 saturated carbocycles. The van der Waals surface area contributed by atoms with E-state index in [0.717, 1.165) is 0 Å². The van der Waals surface area contributed by atoms with Gasteiger partial charge in [0.05, 0.1) is 12.5 Å². The number of rotatable bonds is 6. The molecule has 0 fully saturated rings. The summed E-state index contributed by atoms with van der Waals surface area (Å²) in [6.45, 7) is 1.88. The molecule has 0 bridgehead atoms. The van der Waals surface area contributed by atoms with Crippen molar-refractivity contribution in [3.63, 3.8) is 0 Å². The fourth-order valence-electron chi connectivity index (χ4n) is 2.99. The Balaban J connectivity index is 1.55. The molecule has 0 amide bonds. The van der Waals surface area contributed by atoms with Crippen molar-refractivity contribution < 1.29 is 18.8 Å². The zero-order chi connectivity index (χ0) is 21.1. The van der Waals surface area contributed by atoms with Crippen molar-refractivity contribution in [2.75, 3.05) is 7.11 Å². The summed E-state index contributed by atoms with van der Waals surface area (Å²) < 4.78 is 16.9. The molecular weight excluding hydrogens is 388 g/mol. The number of fused-ring (bicyclic) bond motifs is 1. The van der Waals surface area contributed by atoms with Crippen molar-refractivity contribution in [1.29, 1.82) is 0 Å². The third kappa shape index (κ3) is 3.64.